The van der Waals surface area contributed by atoms with E-state index in [1.54, 1.807) is 0 Å². The Balaban J connectivity index is 1.94. The maximum Gasteiger partial charge on any atom is 0.261 e. The van der Waals surface area contributed by atoms with Gasteiger partial charge in [0.1, 0.15) is 0 Å². The van der Waals surface area contributed by atoms with Crippen molar-refractivity contribution in [1.82, 2.24) is 0 Å². The summed E-state index contributed by atoms with van der Waals surface area (Å²) in [6.45, 7) is 0. The van der Waals surface area contributed by atoms with Gasteiger partial charge in [0.15, 0.2) is 0 Å². The third kappa shape index (κ3) is 1.82. The highest BCUT2D eigenvalue weighted by atomic mass is 16.4. The number of aromatic carboxylic acids is 1. The van der Waals surface area contributed by atoms with E-state index in [0.717, 1.165) is 17.7 Å². The van der Waals surface area contributed by atoms with E-state index in [1.807, 2.05) is 0 Å². The van der Waals surface area contributed by atoms with Crippen LogP contribution in [0.25, 0.3) is 0 Å². The van der Waals surface area contributed by atoms with E-state index in [0.29, 0.717) is 29.7 Å². The van der Waals surface area contributed by atoms with Gasteiger partial charge in [-0.2, -0.15) is 0 Å². The van der Waals surface area contributed by atoms with Crippen LogP contribution in [0.4, 0.5) is 5.69 Å². The average Bonchev–Trinajstić information content (AvgIpc) is 2.72. The van der Waals surface area contributed by atoms with Crippen molar-refractivity contribution < 1.29 is 19.5 Å². The zero-order chi connectivity index (χ0) is 14.3. The first-order valence-corrected chi connectivity index (χ1v) is 6.52. The number of anilines is 1. The summed E-state index contributed by atoms with van der Waals surface area (Å²) >= 11 is 0. The predicted molar refractivity (Wildman–Crippen MR) is 68.8 cm³/mol. The second-order valence-electron chi connectivity index (χ2n) is 4.94. The van der Waals surface area contributed by atoms with Gasteiger partial charge >= 0.3 is 0 Å². The molecular formula is C15H12NO4-. The molecule has 1 heterocycles. The number of hydrogen-bond acceptors (Lipinski definition) is 4. The Labute approximate surface area is 115 Å². The van der Waals surface area contributed by atoms with E-state index < -0.39 is 5.97 Å². The molecule has 0 saturated heterocycles. The Morgan fingerprint density at radius 1 is 0.950 bits per heavy atom. The summed E-state index contributed by atoms with van der Waals surface area (Å²) in [5.74, 6) is -1.83. The lowest BCUT2D eigenvalue weighted by molar-refractivity contribution is -0.255. The summed E-state index contributed by atoms with van der Waals surface area (Å²) < 4.78 is 0. The summed E-state index contributed by atoms with van der Waals surface area (Å²) in [6.07, 6.45) is 3.14. The Bertz CT molecular complexity index is 614. The van der Waals surface area contributed by atoms with Crippen LogP contribution >= 0.6 is 0 Å². The van der Waals surface area contributed by atoms with Crippen LogP contribution in [0, 0.1) is 0 Å². The standard InChI is InChI=1S/C15H13NO4/c17-13-11-3-1-2-4-12(11)14(18)16(13)10-7-5-9(6-8-10)15(19)20/h5-8H,1-4H2,(H,19,20)/p-1. The molecule has 0 fully saturated rings. The van der Waals surface area contributed by atoms with Gasteiger partial charge in [0, 0.05) is 11.1 Å². The Kier molecular flexibility index (Phi) is 2.89. The zero-order valence-corrected chi connectivity index (χ0v) is 10.7. The molecule has 20 heavy (non-hydrogen) atoms. The first-order chi connectivity index (χ1) is 9.59. The maximum atomic E-state index is 12.3. The van der Waals surface area contributed by atoms with Crippen LogP contribution in [-0.2, 0) is 9.59 Å². The van der Waals surface area contributed by atoms with Crippen molar-refractivity contribution in [1.29, 1.82) is 0 Å². The van der Waals surface area contributed by atoms with Gasteiger partial charge in [0.2, 0.25) is 0 Å². The van der Waals surface area contributed by atoms with E-state index in [2.05, 4.69) is 0 Å². The molecule has 0 radical (unpaired) electrons. The molecule has 5 nitrogen and oxygen atoms in total. The van der Waals surface area contributed by atoms with Crippen molar-refractivity contribution in [2.75, 3.05) is 4.90 Å². The van der Waals surface area contributed by atoms with Gasteiger partial charge in [0.25, 0.3) is 11.8 Å². The van der Waals surface area contributed by atoms with Gasteiger partial charge in [-0.25, -0.2) is 4.90 Å². The zero-order valence-electron chi connectivity index (χ0n) is 10.7. The van der Waals surface area contributed by atoms with E-state index in [9.17, 15) is 19.5 Å². The first kappa shape index (κ1) is 12.6. The lowest BCUT2D eigenvalue weighted by Gasteiger charge is -2.15. The molecule has 1 aromatic rings. The second kappa shape index (κ2) is 4.59. The summed E-state index contributed by atoms with van der Waals surface area (Å²) in [4.78, 5) is 36.4. The number of carboxylic acids is 1. The van der Waals surface area contributed by atoms with E-state index in [4.69, 9.17) is 0 Å². The number of amides is 2. The summed E-state index contributed by atoms with van der Waals surface area (Å²) in [5, 5.41) is 10.7. The van der Waals surface area contributed by atoms with Crippen LogP contribution in [0.15, 0.2) is 35.4 Å². The molecule has 0 atom stereocenters. The summed E-state index contributed by atoms with van der Waals surface area (Å²) in [5.41, 5.74) is 1.65. The SMILES string of the molecule is O=C([O-])c1ccc(N2C(=O)C3=C(CCCC3)C2=O)cc1. The first-order valence-electron chi connectivity index (χ1n) is 6.52. The molecule has 102 valence electrons. The molecule has 0 aromatic heterocycles. The van der Waals surface area contributed by atoms with Gasteiger partial charge in [0.05, 0.1) is 11.7 Å². The topological polar surface area (TPSA) is 77.5 Å². The second-order valence-corrected chi connectivity index (χ2v) is 4.94. The van der Waals surface area contributed by atoms with E-state index in [-0.39, 0.29) is 17.4 Å². The molecule has 2 aliphatic rings. The molecule has 0 bridgehead atoms. The van der Waals surface area contributed by atoms with Crippen LogP contribution in [0.5, 0.6) is 0 Å². The molecule has 0 unspecified atom stereocenters. The number of rotatable bonds is 2. The monoisotopic (exact) mass is 270 g/mol. The van der Waals surface area contributed by atoms with Crippen molar-refractivity contribution in [2.24, 2.45) is 0 Å². The minimum absolute atomic E-state index is 0.0190. The quantitative estimate of drug-likeness (QED) is 0.744. The van der Waals surface area contributed by atoms with E-state index >= 15 is 0 Å². The Hall–Kier alpha value is -2.43. The molecular weight excluding hydrogens is 258 g/mol. The van der Waals surface area contributed by atoms with Gasteiger partial charge < -0.3 is 9.90 Å². The fraction of sp³-hybridized carbons (Fsp3) is 0.267. The largest absolute Gasteiger partial charge is 0.545 e. The average molecular weight is 270 g/mol. The highest BCUT2D eigenvalue weighted by Gasteiger charge is 2.39. The van der Waals surface area contributed by atoms with Crippen LogP contribution in [0.2, 0.25) is 0 Å². The molecule has 0 spiro atoms. The van der Waals surface area contributed by atoms with Crippen LogP contribution in [0.3, 0.4) is 0 Å². The van der Waals surface area contributed by atoms with Crippen molar-refractivity contribution in [3.8, 4) is 0 Å². The Morgan fingerprint density at radius 3 is 1.90 bits per heavy atom. The van der Waals surface area contributed by atoms with Crippen molar-refractivity contribution in [3.05, 3.63) is 41.0 Å². The highest BCUT2D eigenvalue weighted by Crippen LogP contribution is 2.35. The fourth-order valence-electron chi connectivity index (χ4n) is 2.72. The molecule has 2 amide bonds. The number of carbonyl (C=O) groups excluding carboxylic acids is 3. The molecule has 5 heteroatoms. The molecule has 1 aliphatic carbocycles. The lowest BCUT2D eigenvalue weighted by atomic mass is 9.93. The minimum Gasteiger partial charge on any atom is -0.545 e. The minimum atomic E-state index is -1.28. The van der Waals surface area contributed by atoms with Gasteiger partial charge in [-0.15, -0.1) is 0 Å². The van der Waals surface area contributed by atoms with Crippen molar-refractivity contribution in [3.63, 3.8) is 0 Å². The third-order valence-corrected chi connectivity index (χ3v) is 3.75. The molecule has 1 aliphatic heterocycles. The number of benzene rings is 1. The lowest BCUT2D eigenvalue weighted by Crippen LogP contribution is -2.31. The van der Waals surface area contributed by atoms with Gasteiger partial charge in [-0.05, 0) is 43.4 Å². The number of imide groups is 1. The fourth-order valence-corrected chi connectivity index (χ4v) is 2.72. The molecule has 1 aromatic carbocycles. The highest BCUT2D eigenvalue weighted by molar-refractivity contribution is 6.33. The summed E-state index contributed by atoms with van der Waals surface area (Å²) in [6, 6.07) is 5.59. The van der Waals surface area contributed by atoms with Crippen molar-refractivity contribution >= 4 is 23.5 Å². The smallest absolute Gasteiger partial charge is 0.261 e. The van der Waals surface area contributed by atoms with Crippen molar-refractivity contribution in [2.45, 2.75) is 25.7 Å². The third-order valence-electron chi connectivity index (χ3n) is 3.75. The normalized spacial score (nSPS) is 18.5. The van der Waals surface area contributed by atoms with E-state index in [1.165, 1.54) is 24.3 Å². The molecule has 3 rings (SSSR count). The van der Waals surface area contributed by atoms with Gasteiger partial charge in [-0.1, -0.05) is 12.1 Å². The van der Waals surface area contributed by atoms with Crippen LogP contribution in [0.1, 0.15) is 36.0 Å². The number of carbonyl (C=O) groups is 3. The molecule has 0 saturated carbocycles. The number of carboxylic acid groups (broad SMARTS) is 1. The predicted octanol–water partition coefficient (Wildman–Crippen LogP) is 0.794. The Morgan fingerprint density at radius 2 is 1.45 bits per heavy atom. The molecule has 0 N–H and O–H groups in total. The van der Waals surface area contributed by atoms with Gasteiger partial charge in [-0.3, -0.25) is 9.59 Å². The number of nitrogens with zero attached hydrogens (tertiary/aromatic N) is 1. The van der Waals surface area contributed by atoms with Crippen LogP contribution in [-0.4, -0.2) is 17.8 Å². The van der Waals surface area contributed by atoms with Crippen LogP contribution < -0.4 is 10.0 Å². The number of hydrogen-bond donors (Lipinski definition) is 0. The maximum absolute atomic E-state index is 12.3. The summed E-state index contributed by atoms with van der Waals surface area (Å²) in [7, 11) is 0.